The molecule has 0 saturated heterocycles. The van der Waals surface area contributed by atoms with E-state index in [2.05, 4.69) is 21.7 Å². The number of rotatable bonds is 8. The summed E-state index contributed by atoms with van der Waals surface area (Å²) in [6, 6.07) is 25.1. The predicted octanol–water partition coefficient (Wildman–Crippen LogP) is 5.58. The number of amides is 1. The van der Waals surface area contributed by atoms with Gasteiger partial charge < -0.3 is 14.7 Å². The third kappa shape index (κ3) is 4.95. The molecule has 5 aromatic rings. The monoisotopic (exact) mass is 457 g/mol. The normalized spacial score (nSPS) is 12.3. The molecule has 0 fully saturated rings. The smallest absolute Gasteiger partial charge is 0.237 e. The number of nitrogens with one attached hydrogen (secondary N) is 3. The quantitative estimate of drug-likeness (QED) is 0.284. The summed E-state index contributed by atoms with van der Waals surface area (Å²) >= 11 is 6.09. The van der Waals surface area contributed by atoms with E-state index >= 15 is 0 Å². The Balaban J connectivity index is 1.33. The van der Waals surface area contributed by atoms with Gasteiger partial charge in [0.15, 0.2) is 0 Å². The highest BCUT2D eigenvalue weighted by Gasteiger charge is 2.21. The van der Waals surface area contributed by atoms with Gasteiger partial charge in [0.25, 0.3) is 0 Å². The van der Waals surface area contributed by atoms with Crippen molar-refractivity contribution in [1.29, 1.82) is 0 Å². The zero-order valence-corrected chi connectivity index (χ0v) is 18.7. The summed E-state index contributed by atoms with van der Waals surface area (Å²) in [5.41, 5.74) is 3.94. The zero-order valence-electron chi connectivity index (χ0n) is 18.0. The first kappa shape index (κ1) is 21.3. The highest BCUT2D eigenvalue weighted by molar-refractivity contribution is 6.30. The van der Waals surface area contributed by atoms with Gasteiger partial charge in [-0.3, -0.25) is 10.1 Å². The molecule has 1 amide bonds. The molecular formula is C27H24ClN3O2. The molecule has 166 valence electrons. The molecule has 33 heavy (non-hydrogen) atoms. The number of carbonyl (C=O) groups is 1. The molecule has 1 unspecified atom stereocenters. The summed E-state index contributed by atoms with van der Waals surface area (Å²) in [7, 11) is 0. The molecule has 2 heterocycles. The van der Waals surface area contributed by atoms with Crippen molar-refractivity contribution in [2.45, 2.75) is 25.6 Å². The van der Waals surface area contributed by atoms with Crippen molar-refractivity contribution in [2.24, 2.45) is 0 Å². The van der Waals surface area contributed by atoms with Crippen molar-refractivity contribution in [3.05, 3.63) is 107 Å². The van der Waals surface area contributed by atoms with Crippen LogP contribution in [0.3, 0.4) is 0 Å². The first-order valence-electron chi connectivity index (χ1n) is 10.9. The minimum absolute atomic E-state index is 0.0728. The lowest BCUT2D eigenvalue weighted by atomic mass is 10.0. The van der Waals surface area contributed by atoms with Crippen molar-refractivity contribution in [2.75, 3.05) is 0 Å². The van der Waals surface area contributed by atoms with Crippen LogP contribution in [-0.4, -0.2) is 16.9 Å². The Morgan fingerprint density at radius 3 is 2.70 bits per heavy atom. The molecule has 0 spiro atoms. The molecule has 6 heteroatoms. The topological polar surface area (TPSA) is 70.1 Å². The Bertz CT molecular complexity index is 1370. The van der Waals surface area contributed by atoms with Gasteiger partial charge in [-0.25, -0.2) is 0 Å². The molecular weight excluding hydrogens is 434 g/mol. The maximum atomic E-state index is 13.2. The highest BCUT2D eigenvalue weighted by Crippen LogP contribution is 2.21. The van der Waals surface area contributed by atoms with Crippen molar-refractivity contribution >= 4 is 39.4 Å². The first-order chi connectivity index (χ1) is 16.2. The zero-order chi connectivity index (χ0) is 22.6. The van der Waals surface area contributed by atoms with Crippen LogP contribution in [0.2, 0.25) is 5.02 Å². The Hall–Kier alpha value is -3.54. The van der Waals surface area contributed by atoms with Crippen molar-refractivity contribution < 1.29 is 9.21 Å². The number of furan rings is 1. The molecule has 0 aliphatic carbocycles. The van der Waals surface area contributed by atoms with Gasteiger partial charge in [-0.05, 0) is 47.9 Å². The van der Waals surface area contributed by atoms with E-state index < -0.39 is 6.04 Å². The van der Waals surface area contributed by atoms with E-state index in [0.717, 1.165) is 38.8 Å². The number of hydrogen-bond acceptors (Lipinski definition) is 3. The van der Waals surface area contributed by atoms with Crippen LogP contribution in [-0.2, 0) is 24.3 Å². The number of para-hydroxylation sites is 2. The Morgan fingerprint density at radius 1 is 0.970 bits per heavy atom. The van der Waals surface area contributed by atoms with E-state index in [9.17, 15) is 4.79 Å². The Labute approximate surface area is 196 Å². The minimum Gasteiger partial charge on any atom is -0.460 e. The molecule has 0 aliphatic heterocycles. The van der Waals surface area contributed by atoms with Crippen LogP contribution in [0.4, 0.5) is 0 Å². The van der Waals surface area contributed by atoms with E-state index in [4.69, 9.17) is 16.0 Å². The van der Waals surface area contributed by atoms with Crippen LogP contribution in [0.25, 0.3) is 21.9 Å². The maximum Gasteiger partial charge on any atom is 0.237 e. The third-order valence-corrected chi connectivity index (χ3v) is 6.01. The summed E-state index contributed by atoms with van der Waals surface area (Å²) < 4.78 is 5.93. The molecule has 2 aromatic heterocycles. The number of aromatic amines is 1. The number of carbonyl (C=O) groups excluding carboxylic acids is 1. The van der Waals surface area contributed by atoms with Crippen LogP contribution in [0.1, 0.15) is 16.9 Å². The van der Waals surface area contributed by atoms with Gasteiger partial charge in [-0.1, -0.05) is 60.1 Å². The Kier molecular flexibility index (Phi) is 6.15. The van der Waals surface area contributed by atoms with Crippen LogP contribution in [0.5, 0.6) is 0 Å². The molecule has 0 aliphatic rings. The van der Waals surface area contributed by atoms with Crippen LogP contribution >= 0.6 is 11.6 Å². The highest BCUT2D eigenvalue weighted by atomic mass is 35.5. The second-order valence-electron chi connectivity index (χ2n) is 8.10. The van der Waals surface area contributed by atoms with Gasteiger partial charge in [-0.15, -0.1) is 0 Å². The molecule has 0 radical (unpaired) electrons. The second-order valence-corrected chi connectivity index (χ2v) is 8.53. The van der Waals surface area contributed by atoms with Crippen molar-refractivity contribution in [3.63, 3.8) is 0 Å². The summed E-state index contributed by atoms with van der Waals surface area (Å²) in [5.74, 6) is 0.721. The number of aromatic nitrogens is 1. The fourth-order valence-electron chi connectivity index (χ4n) is 4.09. The lowest BCUT2D eigenvalue weighted by Gasteiger charge is -2.18. The van der Waals surface area contributed by atoms with Gasteiger partial charge in [0, 0.05) is 34.1 Å². The molecule has 1 atom stereocenters. The van der Waals surface area contributed by atoms with Crippen LogP contribution in [0.15, 0.2) is 89.5 Å². The molecule has 5 rings (SSSR count). The van der Waals surface area contributed by atoms with Gasteiger partial charge in [0.2, 0.25) is 5.91 Å². The summed E-state index contributed by atoms with van der Waals surface area (Å²) in [5, 5.41) is 9.27. The number of hydrogen-bond donors (Lipinski definition) is 3. The minimum atomic E-state index is -0.434. The summed E-state index contributed by atoms with van der Waals surface area (Å²) in [6.07, 6.45) is 2.52. The number of benzene rings is 3. The second kappa shape index (κ2) is 9.53. The lowest BCUT2D eigenvalue weighted by molar-refractivity contribution is -0.123. The lowest BCUT2D eigenvalue weighted by Crippen LogP contribution is -2.45. The van der Waals surface area contributed by atoms with E-state index in [1.165, 1.54) is 0 Å². The van der Waals surface area contributed by atoms with Crippen LogP contribution < -0.4 is 10.6 Å². The average molecular weight is 458 g/mol. The largest absolute Gasteiger partial charge is 0.460 e. The SMILES string of the molecule is O=C(NCc1cccc(Cl)c1)C(Cc1c[nH]c2ccccc12)NCc1cc2ccccc2o1. The first-order valence-corrected chi connectivity index (χ1v) is 11.3. The summed E-state index contributed by atoms with van der Waals surface area (Å²) in [6.45, 7) is 0.863. The average Bonchev–Trinajstić information content (AvgIpc) is 3.44. The predicted molar refractivity (Wildman–Crippen MR) is 132 cm³/mol. The fourth-order valence-corrected chi connectivity index (χ4v) is 4.30. The number of H-pyrrole nitrogens is 1. The van der Waals surface area contributed by atoms with E-state index in [1.54, 1.807) is 0 Å². The maximum absolute atomic E-state index is 13.2. The molecule has 5 nitrogen and oxygen atoms in total. The standard InChI is InChI=1S/C27H24ClN3O2/c28-21-8-5-6-18(12-21)15-31-27(32)25(14-20-16-29-24-10-3-2-9-23(20)24)30-17-22-13-19-7-1-4-11-26(19)33-22/h1-13,16,25,29-30H,14-15,17H2,(H,31,32). The van der Waals surface area contributed by atoms with Gasteiger partial charge in [0.05, 0.1) is 12.6 Å². The van der Waals surface area contributed by atoms with Gasteiger partial charge in [-0.2, -0.15) is 0 Å². The Morgan fingerprint density at radius 2 is 1.82 bits per heavy atom. The van der Waals surface area contributed by atoms with Crippen molar-refractivity contribution in [3.8, 4) is 0 Å². The van der Waals surface area contributed by atoms with E-state index in [-0.39, 0.29) is 5.91 Å². The van der Waals surface area contributed by atoms with E-state index in [0.29, 0.717) is 24.5 Å². The molecule has 0 bridgehead atoms. The van der Waals surface area contributed by atoms with Gasteiger partial charge >= 0.3 is 0 Å². The van der Waals surface area contributed by atoms with Crippen LogP contribution in [0, 0.1) is 0 Å². The fraction of sp³-hybridized carbons (Fsp3) is 0.148. The van der Waals surface area contributed by atoms with Gasteiger partial charge in [0.1, 0.15) is 11.3 Å². The van der Waals surface area contributed by atoms with E-state index in [1.807, 2.05) is 79.0 Å². The molecule has 0 saturated carbocycles. The third-order valence-electron chi connectivity index (χ3n) is 5.77. The molecule has 3 N–H and O–H groups in total. The number of halogens is 1. The van der Waals surface area contributed by atoms with Crippen molar-refractivity contribution in [1.82, 2.24) is 15.6 Å². The number of fused-ring (bicyclic) bond motifs is 2. The molecule has 3 aromatic carbocycles. The summed E-state index contributed by atoms with van der Waals surface area (Å²) in [4.78, 5) is 16.5.